The quantitative estimate of drug-likeness (QED) is 0.642. The van der Waals surface area contributed by atoms with Gasteiger partial charge in [-0.05, 0) is 49.8 Å². The standard InChI is InChI=1S/C17H25NO/c1-16(2,3)14-13-9-7-8-12(13)10-11-18(15(14)19)17(4,5)6/h7,9-11,14H,8H2,1-6H3. The zero-order valence-corrected chi connectivity index (χ0v) is 12.9. The summed E-state index contributed by atoms with van der Waals surface area (Å²) in [5.74, 6) is 0.156. The maximum atomic E-state index is 13.0. The van der Waals surface area contributed by atoms with E-state index in [2.05, 4.69) is 59.8 Å². The van der Waals surface area contributed by atoms with Crippen molar-refractivity contribution < 1.29 is 4.79 Å². The summed E-state index contributed by atoms with van der Waals surface area (Å²) < 4.78 is 0. The molecule has 0 aromatic heterocycles. The van der Waals surface area contributed by atoms with Crippen LogP contribution in [-0.4, -0.2) is 16.3 Å². The Morgan fingerprint density at radius 3 is 2.26 bits per heavy atom. The fourth-order valence-electron chi connectivity index (χ4n) is 2.88. The zero-order valence-electron chi connectivity index (χ0n) is 12.9. The maximum Gasteiger partial charge on any atom is 0.235 e. The first kappa shape index (κ1) is 14.1. The predicted octanol–water partition coefficient (Wildman–Crippen LogP) is 4.06. The van der Waals surface area contributed by atoms with Crippen LogP contribution in [-0.2, 0) is 4.79 Å². The third-order valence-corrected chi connectivity index (χ3v) is 3.81. The predicted molar refractivity (Wildman–Crippen MR) is 79.5 cm³/mol. The van der Waals surface area contributed by atoms with Crippen molar-refractivity contribution in [2.24, 2.45) is 11.3 Å². The molecule has 0 aromatic carbocycles. The van der Waals surface area contributed by atoms with Gasteiger partial charge in [0.05, 0.1) is 5.92 Å². The molecule has 0 fully saturated rings. The van der Waals surface area contributed by atoms with Gasteiger partial charge in [0.15, 0.2) is 0 Å². The van der Waals surface area contributed by atoms with Crippen LogP contribution in [0, 0.1) is 11.3 Å². The molecule has 0 saturated carbocycles. The average molecular weight is 259 g/mol. The van der Waals surface area contributed by atoms with E-state index < -0.39 is 0 Å². The van der Waals surface area contributed by atoms with Gasteiger partial charge >= 0.3 is 0 Å². The van der Waals surface area contributed by atoms with Crippen LogP contribution in [0.15, 0.2) is 35.6 Å². The Labute approximate surface area is 116 Å². The van der Waals surface area contributed by atoms with Crippen LogP contribution in [0.4, 0.5) is 0 Å². The molecule has 1 aliphatic heterocycles. The average Bonchev–Trinajstić information content (AvgIpc) is 2.57. The Morgan fingerprint density at radius 2 is 1.74 bits per heavy atom. The van der Waals surface area contributed by atoms with Crippen molar-refractivity contribution in [3.63, 3.8) is 0 Å². The third kappa shape index (κ3) is 2.54. The lowest BCUT2D eigenvalue weighted by Crippen LogP contribution is -2.47. The monoisotopic (exact) mass is 259 g/mol. The number of rotatable bonds is 0. The first-order valence-electron chi connectivity index (χ1n) is 7.03. The van der Waals surface area contributed by atoms with Crippen LogP contribution in [0.5, 0.6) is 0 Å². The molecule has 0 spiro atoms. The van der Waals surface area contributed by atoms with Crippen LogP contribution in [0.1, 0.15) is 48.0 Å². The van der Waals surface area contributed by atoms with Crippen LogP contribution in [0.2, 0.25) is 0 Å². The summed E-state index contributed by atoms with van der Waals surface area (Å²) in [6, 6.07) is 0. The maximum absolute atomic E-state index is 13.0. The van der Waals surface area contributed by atoms with Gasteiger partial charge < -0.3 is 4.90 Å². The fraction of sp³-hybridized carbons (Fsp3) is 0.588. The van der Waals surface area contributed by atoms with E-state index in [1.807, 2.05) is 11.1 Å². The number of hydrogen-bond acceptors (Lipinski definition) is 1. The van der Waals surface area contributed by atoms with E-state index in [-0.39, 0.29) is 22.8 Å². The third-order valence-electron chi connectivity index (χ3n) is 3.81. The number of carbonyl (C=O) groups excluding carboxylic acids is 1. The summed E-state index contributed by atoms with van der Waals surface area (Å²) in [5.41, 5.74) is 2.25. The Hall–Kier alpha value is -1.31. The van der Waals surface area contributed by atoms with Gasteiger partial charge in [-0.15, -0.1) is 0 Å². The number of nitrogens with zero attached hydrogens (tertiary/aromatic N) is 1. The minimum absolute atomic E-state index is 0.0597. The summed E-state index contributed by atoms with van der Waals surface area (Å²) >= 11 is 0. The molecular weight excluding hydrogens is 234 g/mol. The molecule has 104 valence electrons. The minimum Gasteiger partial charge on any atom is -0.313 e. The normalized spacial score (nSPS) is 24.0. The van der Waals surface area contributed by atoms with E-state index in [9.17, 15) is 4.79 Å². The number of hydrogen-bond donors (Lipinski definition) is 0. The van der Waals surface area contributed by atoms with Crippen LogP contribution in [0.3, 0.4) is 0 Å². The molecule has 1 aliphatic carbocycles. The van der Waals surface area contributed by atoms with Gasteiger partial charge in [-0.2, -0.15) is 0 Å². The first-order chi connectivity index (χ1) is 8.62. The molecule has 2 nitrogen and oxygen atoms in total. The molecule has 0 bridgehead atoms. The van der Waals surface area contributed by atoms with Gasteiger partial charge in [-0.1, -0.05) is 32.9 Å². The van der Waals surface area contributed by atoms with Crippen molar-refractivity contribution in [3.05, 3.63) is 35.6 Å². The highest BCUT2D eigenvalue weighted by molar-refractivity contribution is 5.86. The summed E-state index contributed by atoms with van der Waals surface area (Å²) in [6.07, 6.45) is 9.33. The molecule has 1 amide bonds. The summed E-state index contributed by atoms with van der Waals surface area (Å²) in [5, 5.41) is 0. The molecule has 0 N–H and O–H groups in total. The highest BCUT2D eigenvalue weighted by Crippen LogP contribution is 2.41. The fourth-order valence-corrected chi connectivity index (χ4v) is 2.88. The molecular formula is C17H25NO. The largest absolute Gasteiger partial charge is 0.313 e. The smallest absolute Gasteiger partial charge is 0.235 e. The summed E-state index contributed by atoms with van der Waals surface area (Å²) in [6.45, 7) is 12.7. The van der Waals surface area contributed by atoms with Crippen LogP contribution < -0.4 is 0 Å². The van der Waals surface area contributed by atoms with E-state index in [0.29, 0.717) is 0 Å². The van der Waals surface area contributed by atoms with E-state index in [0.717, 1.165) is 6.42 Å². The highest BCUT2D eigenvalue weighted by atomic mass is 16.2. The van der Waals surface area contributed by atoms with Gasteiger partial charge in [-0.3, -0.25) is 4.79 Å². The molecule has 2 aliphatic rings. The van der Waals surface area contributed by atoms with Crippen molar-refractivity contribution in [1.82, 2.24) is 4.90 Å². The number of amides is 1. The molecule has 1 heterocycles. The lowest BCUT2D eigenvalue weighted by atomic mass is 9.74. The van der Waals surface area contributed by atoms with Crippen LogP contribution >= 0.6 is 0 Å². The molecule has 0 aromatic rings. The van der Waals surface area contributed by atoms with Gasteiger partial charge in [0.2, 0.25) is 5.91 Å². The number of allylic oxidation sites excluding steroid dienone is 4. The first-order valence-corrected chi connectivity index (χ1v) is 7.03. The Morgan fingerprint density at radius 1 is 1.11 bits per heavy atom. The summed E-state index contributed by atoms with van der Waals surface area (Å²) in [7, 11) is 0. The summed E-state index contributed by atoms with van der Waals surface area (Å²) in [4.78, 5) is 14.9. The van der Waals surface area contributed by atoms with E-state index >= 15 is 0 Å². The van der Waals surface area contributed by atoms with Crippen molar-refractivity contribution in [3.8, 4) is 0 Å². The molecule has 0 radical (unpaired) electrons. The topological polar surface area (TPSA) is 20.3 Å². The van der Waals surface area contributed by atoms with Crippen molar-refractivity contribution in [2.45, 2.75) is 53.5 Å². The minimum atomic E-state index is -0.180. The van der Waals surface area contributed by atoms with Gasteiger partial charge in [0.25, 0.3) is 0 Å². The lowest BCUT2D eigenvalue weighted by Gasteiger charge is -2.38. The zero-order chi connectivity index (χ0) is 14.4. The SMILES string of the molecule is CC(C)(C)C1C(=O)N(C(C)(C)C)C=CC2=C1C=CC2. The van der Waals surface area contributed by atoms with E-state index in [4.69, 9.17) is 0 Å². The second-order valence-electron chi connectivity index (χ2n) is 7.58. The van der Waals surface area contributed by atoms with Crippen molar-refractivity contribution in [1.29, 1.82) is 0 Å². The van der Waals surface area contributed by atoms with Gasteiger partial charge in [-0.25, -0.2) is 0 Å². The molecule has 1 atom stereocenters. The molecule has 1 unspecified atom stereocenters. The Kier molecular flexibility index (Phi) is 3.24. The molecule has 2 rings (SSSR count). The van der Waals surface area contributed by atoms with Gasteiger partial charge in [0, 0.05) is 11.7 Å². The molecule has 2 heteroatoms. The van der Waals surface area contributed by atoms with Crippen LogP contribution in [0.25, 0.3) is 0 Å². The second-order valence-corrected chi connectivity index (χ2v) is 7.58. The number of carbonyl (C=O) groups is 1. The second kappa shape index (κ2) is 4.36. The highest BCUT2D eigenvalue weighted by Gasteiger charge is 2.41. The van der Waals surface area contributed by atoms with E-state index in [1.165, 1.54) is 11.1 Å². The molecule has 0 saturated heterocycles. The van der Waals surface area contributed by atoms with Crippen molar-refractivity contribution in [2.75, 3.05) is 0 Å². The van der Waals surface area contributed by atoms with Gasteiger partial charge in [0.1, 0.15) is 0 Å². The Bertz CT molecular complexity index is 480. The van der Waals surface area contributed by atoms with E-state index in [1.54, 1.807) is 0 Å². The lowest BCUT2D eigenvalue weighted by molar-refractivity contribution is -0.138. The van der Waals surface area contributed by atoms with Crippen molar-refractivity contribution >= 4 is 5.91 Å². The molecule has 19 heavy (non-hydrogen) atoms. The Balaban J connectivity index is 2.51.